The number of nitrogens with one attached hydrogen (secondary N) is 3. The average Bonchev–Trinajstić information content (AvgIpc) is 2.32. The molecule has 0 unspecified atom stereocenters. The Bertz CT molecular complexity index is 338. The molecule has 0 bridgehead atoms. The first-order chi connectivity index (χ1) is 8.05. The molecule has 0 aliphatic rings. The maximum absolute atomic E-state index is 11.1. The van der Waals surface area contributed by atoms with Gasteiger partial charge in [0, 0.05) is 26.7 Å². The van der Waals surface area contributed by atoms with E-state index in [1.54, 1.807) is 20.0 Å². The molecule has 0 amide bonds. The molecule has 0 aliphatic carbocycles. The summed E-state index contributed by atoms with van der Waals surface area (Å²) < 4.78 is 24.7. The molecule has 0 spiro atoms. The Hall–Kier alpha value is -1.08. The number of aliphatic imine (C=N–C) groups is 1. The van der Waals surface area contributed by atoms with Crippen LogP contribution < -0.4 is 15.4 Å². The summed E-state index contributed by atoms with van der Waals surface area (Å²) in [6.45, 7) is 6.93. The second kappa shape index (κ2) is 9.00. The van der Waals surface area contributed by atoms with E-state index in [1.807, 2.05) is 0 Å². The van der Waals surface area contributed by atoms with Gasteiger partial charge in [0.25, 0.3) is 0 Å². The topological polar surface area (TPSA) is 82.6 Å². The Morgan fingerprint density at radius 3 is 2.59 bits per heavy atom. The van der Waals surface area contributed by atoms with Crippen molar-refractivity contribution in [3.63, 3.8) is 0 Å². The van der Waals surface area contributed by atoms with Gasteiger partial charge in [-0.15, -0.1) is 6.58 Å². The number of guanidine groups is 1. The summed E-state index contributed by atoms with van der Waals surface area (Å²) in [5.41, 5.74) is 0. The Morgan fingerprint density at radius 2 is 2.06 bits per heavy atom. The number of hydrogen-bond donors (Lipinski definition) is 3. The third-order valence-corrected chi connectivity index (χ3v) is 3.39. The van der Waals surface area contributed by atoms with Crippen molar-refractivity contribution in [1.82, 2.24) is 15.4 Å². The maximum Gasteiger partial charge on any atom is 0.211 e. The standard InChI is InChI=1S/C10H22N4O2S/c1-4-7-12-10(11-3)13-8-6-9-14-17(15,16)5-2/h4,14H,1,5-9H2,2-3H3,(H2,11,12,13). The van der Waals surface area contributed by atoms with Crippen molar-refractivity contribution in [3.8, 4) is 0 Å². The highest BCUT2D eigenvalue weighted by Crippen LogP contribution is 1.83. The van der Waals surface area contributed by atoms with E-state index in [-0.39, 0.29) is 5.75 Å². The second-order valence-electron chi connectivity index (χ2n) is 3.32. The molecular formula is C10H22N4O2S. The lowest BCUT2D eigenvalue weighted by molar-refractivity contribution is 0.579. The molecule has 17 heavy (non-hydrogen) atoms. The molecule has 0 atom stereocenters. The zero-order valence-electron chi connectivity index (χ0n) is 10.5. The van der Waals surface area contributed by atoms with Crippen molar-refractivity contribution in [2.75, 3.05) is 32.4 Å². The lowest BCUT2D eigenvalue weighted by atomic mass is 10.4. The van der Waals surface area contributed by atoms with Crippen molar-refractivity contribution >= 4 is 16.0 Å². The predicted octanol–water partition coefficient (Wildman–Crippen LogP) is -0.333. The summed E-state index contributed by atoms with van der Waals surface area (Å²) in [7, 11) is -1.40. The molecule has 7 heteroatoms. The van der Waals surface area contributed by atoms with E-state index in [1.165, 1.54) is 0 Å². The van der Waals surface area contributed by atoms with Crippen LogP contribution in [0, 0.1) is 0 Å². The molecule has 0 saturated heterocycles. The smallest absolute Gasteiger partial charge is 0.211 e. The molecule has 0 aromatic rings. The molecule has 6 nitrogen and oxygen atoms in total. The number of hydrogen-bond acceptors (Lipinski definition) is 3. The van der Waals surface area contributed by atoms with Crippen LogP contribution in [0.4, 0.5) is 0 Å². The minimum absolute atomic E-state index is 0.114. The van der Waals surface area contributed by atoms with Gasteiger partial charge in [-0.1, -0.05) is 6.08 Å². The maximum atomic E-state index is 11.1. The van der Waals surface area contributed by atoms with Gasteiger partial charge in [0.15, 0.2) is 5.96 Å². The quantitative estimate of drug-likeness (QED) is 0.242. The molecule has 0 rings (SSSR count). The predicted molar refractivity (Wildman–Crippen MR) is 71.6 cm³/mol. The van der Waals surface area contributed by atoms with E-state index in [2.05, 4.69) is 26.9 Å². The van der Waals surface area contributed by atoms with Crippen molar-refractivity contribution < 1.29 is 8.42 Å². The first kappa shape index (κ1) is 15.9. The molecular weight excluding hydrogens is 240 g/mol. The molecule has 0 heterocycles. The summed E-state index contributed by atoms with van der Waals surface area (Å²) in [6, 6.07) is 0. The SMILES string of the molecule is C=CCNC(=NC)NCCCNS(=O)(=O)CC. The van der Waals surface area contributed by atoms with Gasteiger partial charge in [0.05, 0.1) is 5.75 Å². The largest absolute Gasteiger partial charge is 0.356 e. The first-order valence-electron chi connectivity index (χ1n) is 5.58. The van der Waals surface area contributed by atoms with Crippen LogP contribution in [0.25, 0.3) is 0 Å². The summed E-state index contributed by atoms with van der Waals surface area (Å²) in [5, 5.41) is 6.08. The lowest BCUT2D eigenvalue weighted by Gasteiger charge is -2.10. The summed E-state index contributed by atoms with van der Waals surface area (Å²) in [5.74, 6) is 0.798. The third kappa shape index (κ3) is 8.70. The van der Waals surface area contributed by atoms with E-state index in [4.69, 9.17) is 0 Å². The van der Waals surface area contributed by atoms with E-state index in [9.17, 15) is 8.42 Å². The third-order valence-electron chi connectivity index (χ3n) is 1.99. The van der Waals surface area contributed by atoms with Gasteiger partial charge >= 0.3 is 0 Å². The Labute approximate surface area is 104 Å². The Kier molecular flexibility index (Phi) is 8.43. The Balaban J connectivity index is 3.66. The van der Waals surface area contributed by atoms with Crippen molar-refractivity contribution in [2.24, 2.45) is 4.99 Å². The minimum Gasteiger partial charge on any atom is -0.356 e. The normalized spacial score (nSPS) is 12.2. The highest BCUT2D eigenvalue weighted by Gasteiger charge is 2.04. The van der Waals surface area contributed by atoms with Crippen LogP contribution in [0.1, 0.15) is 13.3 Å². The number of rotatable bonds is 8. The zero-order chi connectivity index (χ0) is 13.1. The molecule has 0 saturated carbocycles. The monoisotopic (exact) mass is 262 g/mol. The van der Waals surface area contributed by atoms with Gasteiger partial charge < -0.3 is 10.6 Å². The molecule has 0 aromatic carbocycles. The fraction of sp³-hybridized carbons (Fsp3) is 0.700. The van der Waals surface area contributed by atoms with Crippen LogP contribution in [0.15, 0.2) is 17.6 Å². The van der Waals surface area contributed by atoms with Gasteiger partial charge in [-0.05, 0) is 13.3 Å². The summed E-state index contributed by atoms with van der Waals surface area (Å²) in [4.78, 5) is 4.00. The van der Waals surface area contributed by atoms with Crippen LogP contribution >= 0.6 is 0 Å². The molecule has 0 fully saturated rings. The van der Waals surface area contributed by atoms with Crippen LogP contribution in [0.5, 0.6) is 0 Å². The fourth-order valence-electron chi connectivity index (χ4n) is 1.01. The highest BCUT2D eigenvalue weighted by molar-refractivity contribution is 7.89. The summed E-state index contributed by atoms with van der Waals surface area (Å²) in [6.07, 6.45) is 2.44. The van der Waals surface area contributed by atoms with E-state index in [0.717, 1.165) is 0 Å². The van der Waals surface area contributed by atoms with E-state index < -0.39 is 10.0 Å². The second-order valence-corrected chi connectivity index (χ2v) is 5.42. The zero-order valence-corrected chi connectivity index (χ0v) is 11.3. The average molecular weight is 262 g/mol. The van der Waals surface area contributed by atoms with Gasteiger partial charge in [-0.2, -0.15) is 0 Å². The molecule has 0 radical (unpaired) electrons. The fourth-order valence-corrected chi connectivity index (χ4v) is 1.67. The number of sulfonamides is 1. The lowest BCUT2D eigenvalue weighted by Crippen LogP contribution is -2.38. The van der Waals surface area contributed by atoms with Gasteiger partial charge in [0.2, 0.25) is 10.0 Å². The van der Waals surface area contributed by atoms with Crippen LogP contribution in [-0.4, -0.2) is 46.8 Å². The first-order valence-corrected chi connectivity index (χ1v) is 7.23. The van der Waals surface area contributed by atoms with Crippen LogP contribution in [0.2, 0.25) is 0 Å². The van der Waals surface area contributed by atoms with Crippen LogP contribution in [-0.2, 0) is 10.0 Å². The molecule has 100 valence electrons. The molecule has 0 aromatic heterocycles. The van der Waals surface area contributed by atoms with Crippen LogP contribution in [0.3, 0.4) is 0 Å². The van der Waals surface area contributed by atoms with Crippen molar-refractivity contribution in [3.05, 3.63) is 12.7 Å². The van der Waals surface area contributed by atoms with E-state index in [0.29, 0.717) is 32.0 Å². The Morgan fingerprint density at radius 1 is 1.35 bits per heavy atom. The van der Waals surface area contributed by atoms with Gasteiger partial charge in [-0.3, -0.25) is 4.99 Å². The molecule has 0 aliphatic heterocycles. The van der Waals surface area contributed by atoms with Crippen molar-refractivity contribution in [1.29, 1.82) is 0 Å². The summed E-state index contributed by atoms with van der Waals surface area (Å²) >= 11 is 0. The minimum atomic E-state index is -3.08. The van der Waals surface area contributed by atoms with Gasteiger partial charge in [-0.25, -0.2) is 13.1 Å². The molecule has 3 N–H and O–H groups in total. The van der Waals surface area contributed by atoms with Crippen molar-refractivity contribution in [2.45, 2.75) is 13.3 Å². The number of nitrogens with zero attached hydrogens (tertiary/aromatic N) is 1. The van der Waals surface area contributed by atoms with E-state index >= 15 is 0 Å². The highest BCUT2D eigenvalue weighted by atomic mass is 32.2. The van der Waals surface area contributed by atoms with Gasteiger partial charge in [0.1, 0.15) is 0 Å².